The van der Waals surface area contributed by atoms with Gasteiger partial charge in [-0.3, -0.25) is 4.79 Å². The molecule has 2 aliphatic heterocycles. The molecule has 0 saturated heterocycles. The Bertz CT molecular complexity index is 999. The van der Waals surface area contributed by atoms with Crippen molar-refractivity contribution in [1.82, 2.24) is 14.9 Å². The minimum atomic E-state index is -0.175. The third-order valence-corrected chi connectivity index (χ3v) is 5.25. The molecule has 1 amide bonds. The third kappa shape index (κ3) is 3.27. The largest absolute Gasteiger partial charge is 0.491 e. The maximum atomic E-state index is 12.7. The molecule has 0 saturated carbocycles. The summed E-state index contributed by atoms with van der Waals surface area (Å²) in [6.45, 7) is 1.52. The summed E-state index contributed by atoms with van der Waals surface area (Å²) >= 11 is 0. The van der Waals surface area contributed by atoms with Gasteiger partial charge in [-0.05, 0) is 23.6 Å². The molecule has 28 heavy (non-hydrogen) atoms. The van der Waals surface area contributed by atoms with Crippen molar-refractivity contribution in [3.05, 3.63) is 83.4 Å². The highest BCUT2D eigenvalue weighted by molar-refractivity contribution is 5.92. The number of amides is 1. The van der Waals surface area contributed by atoms with Crippen LogP contribution in [0, 0.1) is 0 Å². The number of benzene rings is 2. The minimum Gasteiger partial charge on any atom is -0.491 e. The van der Waals surface area contributed by atoms with E-state index in [-0.39, 0.29) is 18.1 Å². The van der Waals surface area contributed by atoms with Crippen molar-refractivity contribution in [2.45, 2.75) is 31.7 Å². The van der Waals surface area contributed by atoms with Gasteiger partial charge in [-0.1, -0.05) is 48.5 Å². The lowest BCUT2D eigenvalue weighted by Crippen LogP contribution is -2.42. The molecule has 142 valence electrons. The average Bonchev–Trinajstić information content (AvgIpc) is 3.18. The second kappa shape index (κ2) is 7.13. The molecule has 1 unspecified atom stereocenters. The van der Waals surface area contributed by atoms with E-state index < -0.39 is 0 Å². The van der Waals surface area contributed by atoms with E-state index in [0.717, 1.165) is 29.1 Å². The highest BCUT2D eigenvalue weighted by atomic mass is 16.5. The Morgan fingerprint density at radius 1 is 1.11 bits per heavy atom. The molecule has 6 nitrogen and oxygen atoms in total. The van der Waals surface area contributed by atoms with E-state index in [1.807, 2.05) is 53.2 Å². The molecule has 6 heteroatoms. The number of aromatic nitrogens is 2. The van der Waals surface area contributed by atoms with Gasteiger partial charge in [0.15, 0.2) is 0 Å². The maximum Gasteiger partial charge on any atom is 0.271 e. The lowest BCUT2D eigenvalue weighted by molar-refractivity contribution is 0.000488. The number of ether oxygens (including phenoxy) is 2. The van der Waals surface area contributed by atoms with Crippen molar-refractivity contribution in [2.24, 2.45) is 0 Å². The quantitative estimate of drug-likeness (QED) is 0.765. The first-order valence-corrected chi connectivity index (χ1v) is 9.50. The van der Waals surface area contributed by atoms with Crippen molar-refractivity contribution in [3.8, 4) is 5.75 Å². The summed E-state index contributed by atoms with van der Waals surface area (Å²) in [4.78, 5) is 17.2. The first-order valence-electron chi connectivity index (χ1n) is 9.50. The first-order chi connectivity index (χ1) is 13.8. The lowest BCUT2D eigenvalue weighted by atomic mass is 10.0. The fourth-order valence-electron chi connectivity index (χ4n) is 3.79. The summed E-state index contributed by atoms with van der Waals surface area (Å²) in [6, 6.07) is 18.0. The molecule has 2 aromatic carbocycles. The van der Waals surface area contributed by atoms with E-state index in [1.54, 1.807) is 0 Å². The van der Waals surface area contributed by atoms with Gasteiger partial charge in [0.25, 0.3) is 5.91 Å². The molecular weight excluding hydrogens is 354 g/mol. The van der Waals surface area contributed by atoms with Gasteiger partial charge in [-0.25, -0.2) is 4.98 Å². The Hall–Kier alpha value is -3.12. The normalized spacial score (nSPS) is 20.6. The molecular formula is C22H21N3O3. The fraction of sp³-hybridized carbons (Fsp3) is 0.273. The number of imidazole rings is 1. The van der Waals surface area contributed by atoms with E-state index in [2.05, 4.69) is 22.4 Å². The Balaban J connectivity index is 1.27. The zero-order valence-electron chi connectivity index (χ0n) is 15.4. The molecule has 2 aliphatic rings. The summed E-state index contributed by atoms with van der Waals surface area (Å²) in [5, 5.41) is 3.05. The molecule has 5 rings (SSSR count). The summed E-state index contributed by atoms with van der Waals surface area (Å²) in [7, 11) is 0. The number of hydrogen-bond donors (Lipinski definition) is 1. The fourth-order valence-corrected chi connectivity index (χ4v) is 3.79. The number of fused-ring (bicyclic) bond motifs is 2. The van der Waals surface area contributed by atoms with Crippen molar-refractivity contribution in [1.29, 1.82) is 0 Å². The van der Waals surface area contributed by atoms with E-state index in [4.69, 9.17) is 9.47 Å². The number of para-hydroxylation sites is 1. The number of nitrogens with one attached hydrogen (secondary N) is 1. The molecule has 1 aromatic heterocycles. The Labute approximate surface area is 163 Å². The first kappa shape index (κ1) is 17.0. The van der Waals surface area contributed by atoms with Crippen LogP contribution >= 0.6 is 0 Å². The second-order valence-electron chi connectivity index (χ2n) is 7.20. The molecule has 0 bridgehead atoms. The van der Waals surface area contributed by atoms with Gasteiger partial charge in [-0.15, -0.1) is 0 Å². The zero-order valence-corrected chi connectivity index (χ0v) is 15.4. The lowest BCUT2D eigenvalue weighted by Gasteiger charge is -2.25. The van der Waals surface area contributed by atoms with Crippen LogP contribution in [0.15, 0.2) is 60.8 Å². The highest BCUT2D eigenvalue weighted by Crippen LogP contribution is 2.27. The number of carbonyl (C=O) groups excluding carboxylic acids is 1. The van der Waals surface area contributed by atoms with Gasteiger partial charge in [0.1, 0.15) is 36.6 Å². The SMILES string of the molecule is O=C(N[C@H]1COc2ccccc2C1)c1cn2c(n1)COC(c1ccccc1)C2. The van der Waals surface area contributed by atoms with Crippen molar-refractivity contribution in [2.75, 3.05) is 6.61 Å². The molecule has 1 N–H and O–H groups in total. The molecule has 0 spiro atoms. The molecule has 0 fully saturated rings. The van der Waals surface area contributed by atoms with Crippen LogP contribution < -0.4 is 10.1 Å². The van der Waals surface area contributed by atoms with Crippen LogP contribution in [0.2, 0.25) is 0 Å². The van der Waals surface area contributed by atoms with Crippen molar-refractivity contribution in [3.63, 3.8) is 0 Å². The van der Waals surface area contributed by atoms with Crippen LogP contribution in [0.4, 0.5) is 0 Å². The monoisotopic (exact) mass is 375 g/mol. The number of hydrogen-bond acceptors (Lipinski definition) is 4. The summed E-state index contributed by atoms with van der Waals surface area (Å²) < 4.78 is 13.7. The third-order valence-electron chi connectivity index (χ3n) is 5.25. The van der Waals surface area contributed by atoms with Crippen LogP contribution in [0.25, 0.3) is 0 Å². The van der Waals surface area contributed by atoms with Crippen molar-refractivity contribution >= 4 is 5.91 Å². The van der Waals surface area contributed by atoms with E-state index >= 15 is 0 Å². The van der Waals surface area contributed by atoms with Crippen LogP contribution in [0.5, 0.6) is 5.75 Å². The van der Waals surface area contributed by atoms with Crippen LogP contribution in [0.1, 0.15) is 33.5 Å². The number of rotatable bonds is 3. The summed E-state index contributed by atoms with van der Waals surface area (Å²) in [5.74, 6) is 1.50. The molecule has 0 aliphatic carbocycles. The molecule has 0 radical (unpaired) electrons. The smallest absolute Gasteiger partial charge is 0.271 e. The van der Waals surface area contributed by atoms with Crippen molar-refractivity contribution < 1.29 is 14.3 Å². The average molecular weight is 375 g/mol. The maximum absolute atomic E-state index is 12.7. The summed E-state index contributed by atoms with van der Waals surface area (Å²) in [6.07, 6.45) is 2.55. The summed E-state index contributed by atoms with van der Waals surface area (Å²) in [5.41, 5.74) is 2.67. The van der Waals surface area contributed by atoms with Gasteiger partial charge in [0.2, 0.25) is 0 Å². The number of nitrogens with zero attached hydrogens (tertiary/aromatic N) is 2. The van der Waals surface area contributed by atoms with Crippen LogP contribution in [-0.2, 0) is 24.3 Å². The predicted octanol–water partition coefficient (Wildman–Crippen LogP) is 2.89. The topological polar surface area (TPSA) is 65.4 Å². The van der Waals surface area contributed by atoms with E-state index in [0.29, 0.717) is 25.5 Å². The van der Waals surface area contributed by atoms with E-state index in [1.165, 1.54) is 0 Å². The molecule has 3 heterocycles. The molecule has 3 aromatic rings. The minimum absolute atomic E-state index is 0.0259. The molecule has 2 atom stereocenters. The van der Waals surface area contributed by atoms with Crippen LogP contribution in [-0.4, -0.2) is 28.1 Å². The van der Waals surface area contributed by atoms with Gasteiger partial charge in [0.05, 0.1) is 12.6 Å². The standard InChI is InChI=1S/C22H21N3O3/c26-22(23-17-10-16-8-4-5-9-19(16)27-13-17)18-11-25-12-20(28-14-21(25)24-18)15-6-2-1-3-7-15/h1-9,11,17,20H,10,12-14H2,(H,23,26)/t17-,20?/m1/s1. The van der Waals surface area contributed by atoms with Gasteiger partial charge in [0, 0.05) is 6.20 Å². The Morgan fingerprint density at radius 2 is 1.93 bits per heavy atom. The second-order valence-corrected chi connectivity index (χ2v) is 7.20. The van der Waals surface area contributed by atoms with Gasteiger partial charge < -0.3 is 19.4 Å². The Morgan fingerprint density at radius 3 is 2.82 bits per heavy atom. The van der Waals surface area contributed by atoms with E-state index in [9.17, 15) is 4.79 Å². The van der Waals surface area contributed by atoms with Gasteiger partial charge >= 0.3 is 0 Å². The zero-order chi connectivity index (χ0) is 18.9. The van der Waals surface area contributed by atoms with Crippen LogP contribution in [0.3, 0.4) is 0 Å². The predicted molar refractivity (Wildman–Crippen MR) is 103 cm³/mol. The Kier molecular flexibility index (Phi) is 4.33. The van der Waals surface area contributed by atoms with Gasteiger partial charge in [-0.2, -0.15) is 0 Å². The number of carbonyl (C=O) groups is 1. The highest BCUT2D eigenvalue weighted by Gasteiger charge is 2.26.